The van der Waals surface area contributed by atoms with Crippen molar-refractivity contribution in [2.24, 2.45) is 0 Å². The normalized spacial score (nSPS) is 11.0. The van der Waals surface area contributed by atoms with Crippen molar-refractivity contribution in [2.75, 3.05) is 11.5 Å². The van der Waals surface area contributed by atoms with E-state index in [4.69, 9.17) is 5.73 Å². The van der Waals surface area contributed by atoms with Gasteiger partial charge in [-0.15, -0.1) is 0 Å². The van der Waals surface area contributed by atoms with Gasteiger partial charge in [0.05, 0.1) is 0 Å². The molecule has 0 radical (unpaired) electrons. The molecule has 92 valence electrons. The molecule has 0 atom stereocenters. The number of benzene rings is 1. The van der Waals surface area contributed by atoms with Gasteiger partial charge in [-0.2, -0.15) is 0 Å². The molecule has 0 aliphatic carbocycles. The Balaban J connectivity index is 2.59. The number of carbonyl (C=O) groups is 1. The number of aryl methyl sites for hydroxylation is 1. The van der Waals surface area contributed by atoms with Crippen LogP contribution in [0, 0.1) is 12.7 Å². The highest BCUT2D eigenvalue weighted by Gasteiger charge is 2.02. The molecule has 0 amide bonds. The Morgan fingerprint density at radius 1 is 1.53 bits per heavy atom. The molecule has 0 saturated carbocycles. The predicted molar refractivity (Wildman–Crippen MR) is 72.3 cm³/mol. The van der Waals surface area contributed by atoms with Gasteiger partial charge in [-0.25, -0.2) is 4.39 Å². The van der Waals surface area contributed by atoms with Gasteiger partial charge in [0.25, 0.3) is 0 Å². The minimum atomic E-state index is -0.316. The molecule has 2 nitrogen and oxygen atoms in total. The first-order valence-electron chi connectivity index (χ1n) is 5.36. The van der Waals surface area contributed by atoms with Crippen molar-refractivity contribution >= 4 is 28.6 Å². The van der Waals surface area contributed by atoms with Crippen LogP contribution in [-0.2, 0) is 4.79 Å². The molecule has 0 fully saturated rings. The number of rotatable bonds is 4. The van der Waals surface area contributed by atoms with Crippen molar-refractivity contribution in [3.05, 3.63) is 35.2 Å². The van der Waals surface area contributed by atoms with Crippen molar-refractivity contribution in [1.29, 1.82) is 0 Å². The van der Waals surface area contributed by atoms with E-state index in [0.717, 1.165) is 17.7 Å². The summed E-state index contributed by atoms with van der Waals surface area (Å²) >= 11 is 1.27. The van der Waals surface area contributed by atoms with E-state index in [0.29, 0.717) is 11.3 Å². The van der Waals surface area contributed by atoms with Crippen LogP contribution in [0.1, 0.15) is 24.5 Å². The van der Waals surface area contributed by atoms with Crippen LogP contribution in [0.2, 0.25) is 0 Å². The lowest BCUT2D eigenvalue weighted by Gasteiger charge is -2.03. The largest absolute Gasteiger partial charge is 0.398 e. The van der Waals surface area contributed by atoms with E-state index in [1.54, 1.807) is 12.1 Å². The van der Waals surface area contributed by atoms with Crippen molar-refractivity contribution in [1.82, 2.24) is 0 Å². The zero-order chi connectivity index (χ0) is 12.8. The number of nitrogens with two attached hydrogens (primary N) is 1. The lowest BCUT2D eigenvalue weighted by atomic mass is 10.1. The smallest absolute Gasteiger partial charge is 0.185 e. The average Bonchev–Trinajstić information content (AvgIpc) is 2.24. The van der Waals surface area contributed by atoms with Crippen LogP contribution in [-0.4, -0.2) is 10.9 Å². The molecule has 0 aromatic heterocycles. The number of anilines is 1. The Labute approximate surface area is 105 Å². The summed E-state index contributed by atoms with van der Waals surface area (Å²) in [7, 11) is 0. The summed E-state index contributed by atoms with van der Waals surface area (Å²) in [5.74, 6) is 0.407. The molecule has 17 heavy (non-hydrogen) atoms. The van der Waals surface area contributed by atoms with Gasteiger partial charge in [-0.05, 0) is 31.0 Å². The van der Waals surface area contributed by atoms with E-state index < -0.39 is 0 Å². The molecular weight excluding hydrogens is 237 g/mol. The monoisotopic (exact) mass is 253 g/mol. The Morgan fingerprint density at radius 3 is 2.88 bits per heavy atom. The second-order valence-corrected chi connectivity index (χ2v) is 5.03. The Bertz CT molecular complexity index is 443. The third-order valence-electron chi connectivity index (χ3n) is 2.27. The van der Waals surface area contributed by atoms with Crippen molar-refractivity contribution < 1.29 is 9.18 Å². The van der Waals surface area contributed by atoms with Gasteiger partial charge >= 0.3 is 0 Å². The highest BCUT2D eigenvalue weighted by atomic mass is 32.2. The van der Waals surface area contributed by atoms with Gasteiger partial charge in [0, 0.05) is 23.9 Å². The molecule has 0 heterocycles. The number of hydrogen-bond acceptors (Lipinski definition) is 3. The van der Waals surface area contributed by atoms with Gasteiger partial charge < -0.3 is 5.73 Å². The van der Waals surface area contributed by atoms with Crippen molar-refractivity contribution in [3.8, 4) is 0 Å². The molecule has 0 spiro atoms. The van der Waals surface area contributed by atoms with E-state index in [1.807, 2.05) is 13.0 Å². The Kier molecular flexibility index (Phi) is 5.22. The highest BCUT2D eigenvalue weighted by Crippen LogP contribution is 2.18. The van der Waals surface area contributed by atoms with Crippen LogP contribution >= 0.6 is 11.8 Å². The van der Waals surface area contributed by atoms with Crippen LogP contribution in [0.3, 0.4) is 0 Å². The maximum Gasteiger partial charge on any atom is 0.185 e. The highest BCUT2D eigenvalue weighted by molar-refractivity contribution is 8.13. The maximum atomic E-state index is 13.5. The minimum Gasteiger partial charge on any atom is -0.398 e. The van der Waals surface area contributed by atoms with E-state index in [2.05, 4.69) is 0 Å². The first-order valence-corrected chi connectivity index (χ1v) is 6.35. The molecule has 0 aliphatic rings. The minimum absolute atomic E-state index is 0.105. The fourth-order valence-corrected chi connectivity index (χ4v) is 1.87. The summed E-state index contributed by atoms with van der Waals surface area (Å²) < 4.78 is 13.5. The van der Waals surface area contributed by atoms with Gasteiger partial charge in [0.1, 0.15) is 5.82 Å². The molecule has 0 aliphatic heterocycles. The molecule has 0 saturated heterocycles. The zero-order valence-electron chi connectivity index (χ0n) is 10.00. The van der Waals surface area contributed by atoms with Crippen LogP contribution in [0.4, 0.5) is 10.1 Å². The summed E-state index contributed by atoms with van der Waals surface area (Å²) in [6.07, 6.45) is 4.33. The van der Waals surface area contributed by atoms with Gasteiger partial charge in [-0.1, -0.05) is 23.9 Å². The number of halogens is 1. The average molecular weight is 253 g/mol. The summed E-state index contributed by atoms with van der Waals surface area (Å²) in [6, 6.07) is 3.05. The summed E-state index contributed by atoms with van der Waals surface area (Å²) in [5.41, 5.74) is 7.46. The zero-order valence-corrected chi connectivity index (χ0v) is 10.8. The molecule has 4 heteroatoms. The van der Waals surface area contributed by atoms with E-state index in [9.17, 15) is 9.18 Å². The number of hydrogen-bond donors (Lipinski definition) is 1. The number of thioether (sulfide) groups is 1. The van der Waals surface area contributed by atoms with Crippen molar-refractivity contribution in [2.45, 2.75) is 20.3 Å². The van der Waals surface area contributed by atoms with Gasteiger partial charge in [0.2, 0.25) is 0 Å². The fraction of sp³-hybridized carbons (Fsp3) is 0.308. The van der Waals surface area contributed by atoms with Crippen LogP contribution in [0.25, 0.3) is 6.08 Å². The predicted octanol–water partition coefficient (Wildman–Crippen LogP) is 3.40. The van der Waals surface area contributed by atoms with E-state index in [1.165, 1.54) is 24.8 Å². The second kappa shape index (κ2) is 6.45. The molecule has 0 unspecified atom stereocenters. The molecular formula is C13H16FNOS. The Morgan fingerprint density at radius 2 is 2.24 bits per heavy atom. The second-order valence-electron chi connectivity index (χ2n) is 3.76. The molecule has 2 N–H and O–H groups in total. The van der Waals surface area contributed by atoms with E-state index in [-0.39, 0.29) is 10.9 Å². The number of nitrogen functional groups attached to an aromatic ring is 1. The Hall–Kier alpha value is -1.29. The quantitative estimate of drug-likeness (QED) is 0.660. The molecule has 1 aromatic carbocycles. The van der Waals surface area contributed by atoms with Crippen LogP contribution in [0.5, 0.6) is 0 Å². The van der Waals surface area contributed by atoms with Crippen LogP contribution < -0.4 is 5.73 Å². The topological polar surface area (TPSA) is 43.1 Å². The number of allylic oxidation sites excluding steroid dienone is 1. The van der Waals surface area contributed by atoms with Crippen LogP contribution in [0.15, 0.2) is 18.2 Å². The first kappa shape index (κ1) is 13.8. The van der Waals surface area contributed by atoms with Gasteiger partial charge in [-0.3, -0.25) is 4.79 Å². The molecule has 1 aromatic rings. The summed E-state index contributed by atoms with van der Waals surface area (Å²) in [6.45, 7) is 3.38. The molecule has 1 rings (SSSR count). The number of carbonyl (C=O) groups excluding carboxylic acids is 1. The third-order valence-corrected chi connectivity index (χ3v) is 3.12. The lowest BCUT2D eigenvalue weighted by molar-refractivity contribution is -0.109. The maximum absolute atomic E-state index is 13.5. The summed E-state index contributed by atoms with van der Waals surface area (Å²) in [4.78, 5) is 10.7. The van der Waals surface area contributed by atoms with Gasteiger partial charge in [0.15, 0.2) is 5.12 Å². The lowest BCUT2D eigenvalue weighted by Crippen LogP contribution is -1.93. The van der Waals surface area contributed by atoms with Crippen molar-refractivity contribution in [3.63, 3.8) is 0 Å². The first-order chi connectivity index (χ1) is 8.00. The molecule has 0 bridgehead atoms. The van der Waals surface area contributed by atoms with E-state index >= 15 is 0 Å². The third kappa shape index (κ3) is 4.61. The SMILES string of the molecule is CC(=O)SCCC=Cc1cc(C)c(N)cc1F. The standard InChI is InChI=1S/C13H16FNOS/c1-9-7-11(12(14)8-13(9)15)5-3-4-6-17-10(2)16/h3,5,7-8H,4,6,15H2,1-2H3. The fourth-order valence-electron chi connectivity index (χ4n) is 1.33. The summed E-state index contributed by atoms with van der Waals surface area (Å²) in [5, 5.41) is 0.105.